The number of nitrogens with zero attached hydrogens (tertiary/aromatic N) is 2. The SMILES string of the molecule is COc1ccccc1OCCCn1cc(/C=C2\NC(=S)N(C)C2=O)c2ccccc21. The van der Waals surface area contributed by atoms with Gasteiger partial charge in [-0.25, -0.2) is 0 Å². The molecular formula is C23H23N3O3S. The second-order valence-electron chi connectivity index (χ2n) is 7.00. The van der Waals surface area contributed by atoms with Crippen molar-refractivity contribution >= 4 is 40.2 Å². The van der Waals surface area contributed by atoms with Crippen LogP contribution in [-0.2, 0) is 11.3 Å². The molecule has 6 nitrogen and oxygen atoms in total. The molecule has 0 unspecified atom stereocenters. The smallest absolute Gasteiger partial charge is 0.276 e. The molecule has 1 aromatic heterocycles. The molecule has 0 bridgehead atoms. The molecule has 154 valence electrons. The Labute approximate surface area is 180 Å². The summed E-state index contributed by atoms with van der Waals surface area (Å²) in [5.74, 6) is 1.35. The molecule has 3 aromatic rings. The fourth-order valence-corrected chi connectivity index (χ4v) is 3.70. The van der Waals surface area contributed by atoms with Crippen molar-refractivity contribution in [3.05, 3.63) is 66.0 Å². The Morgan fingerprint density at radius 3 is 2.57 bits per heavy atom. The first-order valence-corrected chi connectivity index (χ1v) is 10.1. The van der Waals surface area contributed by atoms with Crippen LogP contribution in [0.25, 0.3) is 17.0 Å². The lowest BCUT2D eigenvalue weighted by Gasteiger charge is -2.11. The maximum Gasteiger partial charge on any atom is 0.276 e. The highest BCUT2D eigenvalue weighted by Crippen LogP contribution is 2.27. The highest BCUT2D eigenvalue weighted by atomic mass is 32.1. The van der Waals surface area contributed by atoms with Crippen LogP contribution in [0.1, 0.15) is 12.0 Å². The number of nitrogens with one attached hydrogen (secondary N) is 1. The number of likely N-dealkylation sites (N-methyl/N-ethyl adjacent to an activating group) is 1. The highest BCUT2D eigenvalue weighted by Gasteiger charge is 2.27. The van der Waals surface area contributed by atoms with E-state index in [1.54, 1.807) is 14.2 Å². The number of hydrogen-bond donors (Lipinski definition) is 1. The van der Waals surface area contributed by atoms with Crippen molar-refractivity contribution in [1.82, 2.24) is 14.8 Å². The Morgan fingerprint density at radius 1 is 1.10 bits per heavy atom. The van der Waals surface area contributed by atoms with Crippen LogP contribution in [0.5, 0.6) is 11.5 Å². The van der Waals surface area contributed by atoms with E-state index in [9.17, 15) is 4.79 Å². The van der Waals surface area contributed by atoms with Crippen LogP contribution in [-0.4, -0.2) is 41.3 Å². The molecule has 1 N–H and O–H groups in total. The molecule has 0 radical (unpaired) electrons. The second kappa shape index (κ2) is 8.59. The van der Waals surface area contributed by atoms with Gasteiger partial charge in [-0.05, 0) is 42.9 Å². The predicted molar refractivity (Wildman–Crippen MR) is 122 cm³/mol. The number of rotatable bonds is 7. The molecule has 1 aliphatic heterocycles. The van der Waals surface area contributed by atoms with Gasteiger partial charge in [0, 0.05) is 36.3 Å². The molecule has 2 heterocycles. The summed E-state index contributed by atoms with van der Waals surface area (Å²) in [6.07, 6.45) is 4.76. The van der Waals surface area contributed by atoms with Crippen LogP contribution in [0.2, 0.25) is 0 Å². The Kier molecular flexibility index (Phi) is 5.72. The maximum atomic E-state index is 12.3. The predicted octanol–water partition coefficient (Wildman–Crippen LogP) is 3.81. The van der Waals surface area contributed by atoms with E-state index in [2.05, 4.69) is 28.2 Å². The normalized spacial score (nSPS) is 15.1. The zero-order valence-corrected chi connectivity index (χ0v) is 17.7. The average Bonchev–Trinajstić information content (AvgIpc) is 3.24. The number of methoxy groups -OCH3 is 1. The summed E-state index contributed by atoms with van der Waals surface area (Å²) < 4.78 is 13.4. The minimum atomic E-state index is -0.123. The van der Waals surface area contributed by atoms with Gasteiger partial charge in [-0.3, -0.25) is 9.69 Å². The summed E-state index contributed by atoms with van der Waals surface area (Å²) in [4.78, 5) is 13.8. The van der Waals surface area contributed by atoms with Crippen molar-refractivity contribution in [2.75, 3.05) is 20.8 Å². The molecule has 30 heavy (non-hydrogen) atoms. The van der Waals surface area contributed by atoms with E-state index in [-0.39, 0.29) is 5.91 Å². The average molecular weight is 422 g/mol. The molecule has 1 amide bonds. The first-order chi connectivity index (χ1) is 14.6. The van der Waals surface area contributed by atoms with Crippen LogP contribution in [0, 0.1) is 0 Å². The maximum absolute atomic E-state index is 12.3. The molecule has 4 rings (SSSR count). The van der Waals surface area contributed by atoms with Gasteiger partial charge >= 0.3 is 0 Å². The molecule has 7 heteroatoms. The summed E-state index contributed by atoms with van der Waals surface area (Å²) in [6, 6.07) is 15.8. The lowest BCUT2D eigenvalue weighted by Crippen LogP contribution is -2.25. The molecule has 0 spiro atoms. The number of benzene rings is 2. The van der Waals surface area contributed by atoms with Gasteiger partial charge in [0.05, 0.1) is 13.7 Å². The van der Waals surface area contributed by atoms with Crippen molar-refractivity contribution in [3.8, 4) is 11.5 Å². The van der Waals surface area contributed by atoms with Gasteiger partial charge in [0.2, 0.25) is 0 Å². The van der Waals surface area contributed by atoms with Gasteiger partial charge in [-0.1, -0.05) is 30.3 Å². The van der Waals surface area contributed by atoms with Gasteiger partial charge < -0.3 is 19.4 Å². The first kappa shape index (κ1) is 20.0. The van der Waals surface area contributed by atoms with Gasteiger partial charge in [0.15, 0.2) is 16.6 Å². The summed E-state index contributed by atoms with van der Waals surface area (Å²) >= 11 is 5.17. The Morgan fingerprint density at radius 2 is 1.83 bits per heavy atom. The number of fused-ring (bicyclic) bond motifs is 1. The van der Waals surface area contributed by atoms with Crippen molar-refractivity contribution in [2.24, 2.45) is 0 Å². The topological polar surface area (TPSA) is 55.7 Å². The molecule has 0 saturated carbocycles. The largest absolute Gasteiger partial charge is 0.493 e. The molecule has 0 aliphatic carbocycles. The van der Waals surface area contributed by atoms with Crippen molar-refractivity contribution in [1.29, 1.82) is 0 Å². The summed E-state index contributed by atoms with van der Waals surface area (Å²) in [5.41, 5.74) is 2.58. The zero-order valence-electron chi connectivity index (χ0n) is 16.9. The molecule has 1 fully saturated rings. The quantitative estimate of drug-likeness (QED) is 0.357. The highest BCUT2D eigenvalue weighted by molar-refractivity contribution is 7.80. The number of para-hydroxylation sites is 3. The van der Waals surface area contributed by atoms with Gasteiger partial charge in [0.25, 0.3) is 5.91 Å². The number of amides is 1. The number of aromatic nitrogens is 1. The number of thiocarbonyl (C=S) groups is 1. The number of ether oxygens (including phenoxy) is 2. The van der Waals surface area contributed by atoms with E-state index in [1.807, 2.05) is 42.5 Å². The minimum absolute atomic E-state index is 0.123. The van der Waals surface area contributed by atoms with Crippen LogP contribution >= 0.6 is 12.2 Å². The van der Waals surface area contributed by atoms with Crippen LogP contribution < -0.4 is 14.8 Å². The lowest BCUT2D eigenvalue weighted by molar-refractivity contribution is -0.121. The Hall–Kier alpha value is -3.32. The van der Waals surface area contributed by atoms with Crippen molar-refractivity contribution < 1.29 is 14.3 Å². The third-order valence-corrected chi connectivity index (χ3v) is 5.45. The Bertz CT molecular complexity index is 1140. The number of aryl methyl sites for hydroxylation is 1. The van der Waals surface area contributed by atoms with Crippen molar-refractivity contribution in [2.45, 2.75) is 13.0 Å². The molecule has 1 saturated heterocycles. The van der Waals surface area contributed by atoms with Crippen molar-refractivity contribution in [3.63, 3.8) is 0 Å². The van der Waals surface area contributed by atoms with E-state index < -0.39 is 0 Å². The minimum Gasteiger partial charge on any atom is -0.493 e. The monoisotopic (exact) mass is 421 g/mol. The summed E-state index contributed by atoms with van der Waals surface area (Å²) in [5, 5.41) is 4.49. The fraction of sp³-hybridized carbons (Fsp3) is 0.217. The molecule has 1 aliphatic rings. The number of carbonyl (C=O) groups excluding carboxylic acids is 1. The van der Waals surface area contributed by atoms with E-state index in [0.717, 1.165) is 40.9 Å². The molecule has 2 aromatic carbocycles. The van der Waals surface area contributed by atoms with Gasteiger partial charge in [-0.2, -0.15) is 0 Å². The lowest BCUT2D eigenvalue weighted by atomic mass is 10.1. The molecule has 0 atom stereocenters. The third kappa shape index (κ3) is 3.89. The summed E-state index contributed by atoms with van der Waals surface area (Å²) in [7, 11) is 3.31. The number of hydrogen-bond acceptors (Lipinski definition) is 4. The third-order valence-electron chi connectivity index (χ3n) is 5.07. The van der Waals surface area contributed by atoms with Gasteiger partial charge in [-0.15, -0.1) is 0 Å². The number of carbonyl (C=O) groups is 1. The van der Waals surface area contributed by atoms with Gasteiger partial charge in [0.1, 0.15) is 5.70 Å². The fourth-order valence-electron chi connectivity index (χ4n) is 3.51. The summed E-state index contributed by atoms with van der Waals surface area (Å²) in [6.45, 7) is 1.36. The van der Waals surface area contributed by atoms with E-state index in [0.29, 0.717) is 17.4 Å². The van der Waals surface area contributed by atoms with Crippen LogP contribution in [0.4, 0.5) is 0 Å². The molecular weight excluding hydrogens is 398 g/mol. The van der Waals surface area contributed by atoms with E-state index >= 15 is 0 Å². The standard InChI is InChI=1S/C23H23N3O3S/c1-25-22(27)18(24-23(25)30)14-16-15-26(19-9-4-3-8-17(16)19)12-7-13-29-21-11-6-5-10-20(21)28-2/h3-6,8-11,14-15H,7,12-13H2,1-2H3,(H,24,30)/b18-14-. The zero-order chi connectivity index (χ0) is 21.1. The van der Waals surface area contributed by atoms with Crippen LogP contribution in [0.15, 0.2) is 60.4 Å². The second-order valence-corrected chi connectivity index (χ2v) is 7.39. The first-order valence-electron chi connectivity index (χ1n) is 9.73. The van der Waals surface area contributed by atoms with E-state index in [4.69, 9.17) is 21.7 Å². The Balaban J connectivity index is 1.50. The van der Waals surface area contributed by atoms with Crippen LogP contribution in [0.3, 0.4) is 0 Å². The van der Waals surface area contributed by atoms with E-state index in [1.165, 1.54) is 4.90 Å².